The van der Waals surface area contributed by atoms with E-state index in [4.69, 9.17) is 23.2 Å². The van der Waals surface area contributed by atoms with Gasteiger partial charge in [0.1, 0.15) is 10.3 Å². The molecule has 4 nitrogen and oxygen atoms in total. The number of nitrogens with zero attached hydrogens (tertiary/aromatic N) is 3. The van der Waals surface area contributed by atoms with Crippen molar-refractivity contribution < 1.29 is 4.79 Å². The zero-order chi connectivity index (χ0) is 11.7. The summed E-state index contributed by atoms with van der Waals surface area (Å²) >= 11 is 11.4. The molecule has 16 heavy (non-hydrogen) atoms. The summed E-state index contributed by atoms with van der Waals surface area (Å²) in [5, 5.41) is 0.370. The molecule has 0 aliphatic carbocycles. The molecule has 0 aromatic carbocycles. The van der Waals surface area contributed by atoms with E-state index in [2.05, 4.69) is 9.97 Å². The molecule has 2 aromatic heterocycles. The summed E-state index contributed by atoms with van der Waals surface area (Å²) in [5.74, 6) is 0.0945. The Morgan fingerprint density at radius 2 is 1.94 bits per heavy atom. The number of halogens is 2. The fraction of sp³-hybridized carbons (Fsp3) is 0.100. The summed E-state index contributed by atoms with van der Waals surface area (Å²) in [7, 11) is 1.74. The number of ketones is 1. The molecule has 2 aromatic rings. The van der Waals surface area contributed by atoms with Gasteiger partial charge in [-0.25, -0.2) is 9.97 Å². The molecule has 0 atom stereocenters. The highest BCUT2D eigenvalue weighted by atomic mass is 35.5. The van der Waals surface area contributed by atoms with Crippen LogP contribution in [0.15, 0.2) is 24.5 Å². The predicted octanol–water partition coefficient (Wildman–Crippen LogP) is 2.35. The van der Waals surface area contributed by atoms with Crippen LogP contribution in [0.3, 0.4) is 0 Å². The third kappa shape index (κ3) is 2.08. The Morgan fingerprint density at radius 1 is 1.31 bits per heavy atom. The van der Waals surface area contributed by atoms with Crippen LogP contribution in [0.4, 0.5) is 0 Å². The topological polar surface area (TPSA) is 47.8 Å². The van der Waals surface area contributed by atoms with Crippen molar-refractivity contribution in [2.24, 2.45) is 7.05 Å². The third-order valence-electron chi connectivity index (χ3n) is 2.05. The van der Waals surface area contributed by atoms with Crippen LogP contribution in [0.1, 0.15) is 16.2 Å². The van der Waals surface area contributed by atoms with Gasteiger partial charge in [0, 0.05) is 25.0 Å². The van der Waals surface area contributed by atoms with Crippen LogP contribution < -0.4 is 0 Å². The van der Waals surface area contributed by atoms with Crippen molar-refractivity contribution in [1.29, 1.82) is 0 Å². The van der Waals surface area contributed by atoms with Crippen molar-refractivity contribution in [2.75, 3.05) is 0 Å². The molecule has 0 aliphatic rings. The molecule has 6 heteroatoms. The monoisotopic (exact) mass is 255 g/mol. The summed E-state index contributed by atoms with van der Waals surface area (Å²) in [4.78, 5) is 19.7. The second-order valence-corrected chi connectivity index (χ2v) is 3.97. The lowest BCUT2D eigenvalue weighted by molar-refractivity contribution is 0.102. The number of aromatic nitrogens is 3. The van der Waals surface area contributed by atoms with Gasteiger partial charge in [0.2, 0.25) is 5.78 Å². The zero-order valence-electron chi connectivity index (χ0n) is 8.32. The van der Waals surface area contributed by atoms with Crippen molar-refractivity contribution in [1.82, 2.24) is 14.5 Å². The lowest BCUT2D eigenvalue weighted by Gasteiger charge is -2.02. The van der Waals surface area contributed by atoms with Gasteiger partial charge in [-0.3, -0.25) is 4.79 Å². The molecule has 0 unspecified atom stereocenters. The lowest BCUT2D eigenvalue weighted by Crippen LogP contribution is -2.08. The average Bonchev–Trinajstić information content (AvgIpc) is 2.62. The normalized spacial score (nSPS) is 10.4. The first kappa shape index (κ1) is 11.1. The van der Waals surface area contributed by atoms with Crippen LogP contribution in [0, 0.1) is 0 Å². The van der Waals surface area contributed by atoms with Crippen molar-refractivity contribution in [3.63, 3.8) is 0 Å². The first-order chi connectivity index (χ1) is 7.58. The van der Waals surface area contributed by atoms with E-state index in [1.54, 1.807) is 24.0 Å². The zero-order valence-corrected chi connectivity index (χ0v) is 9.83. The SMILES string of the molecule is Cn1ccnc1C(=O)c1cc(Cl)nc(Cl)c1. The van der Waals surface area contributed by atoms with Crippen LogP contribution in [-0.2, 0) is 7.05 Å². The van der Waals surface area contributed by atoms with E-state index < -0.39 is 0 Å². The number of carbonyl (C=O) groups is 1. The molecule has 0 aliphatic heterocycles. The maximum atomic E-state index is 12.0. The number of imidazole rings is 1. The Kier molecular flexibility index (Phi) is 2.94. The minimum Gasteiger partial charge on any atom is -0.331 e. The lowest BCUT2D eigenvalue weighted by atomic mass is 10.2. The van der Waals surface area contributed by atoms with E-state index in [0.29, 0.717) is 11.4 Å². The summed E-state index contributed by atoms with van der Waals surface area (Å²) in [5.41, 5.74) is 0.374. The highest BCUT2D eigenvalue weighted by molar-refractivity contribution is 6.33. The minimum absolute atomic E-state index is 0.185. The molecule has 0 bridgehead atoms. The van der Waals surface area contributed by atoms with E-state index in [9.17, 15) is 4.79 Å². The Labute approximate surface area is 102 Å². The molecule has 82 valence electrons. The molecule has 0 saturated heterocycles. The van der Waals surface area contributed by atoms with Crippen LogP contribution in [0.5, 0.6) is 0 Å². The van der Waals surface area contributed by atoms with E-state index in [-0.39, 0.29) is 16.1 Å². The van der Waals surface area contributed by atoms with Crippen LogP contribution in [0.25, 0.3) is 0 Å². The summed E-state index contributed by atoms with van der Waals surface area (Å²) in [6, 6.07) is 2.93. The smallest absolute Gasteiger partial charge is 0.228 e. The fourth-order valence-corrected chi connectivity index (χ4v) is 1.77. The third-order valence-corrected chi connectivity index (χ3v) is 2.44. The van der Waals surface area contributed by atoms with Crippen molar-refractivity contribution in [3.05, 3.63) is 46.2 Å². The number of aryl methyl sites for hydroxylation is 1. The second kappa shape index (κ2) is 4.23. The highest BCUT2D eigenvalue weighted by Gasteiger charge is 2.15. The van der Waals surface area contributed by atoms with E-state index in [1.807, 2.05) is 0 Å². The maximum Gasteiger partial charge on any atom is 0.228 e. The standard InChI is InChI=1S/C10H7Cl2N3O/c1-15-3-2-13-10(15)9(16)6-4-7(11)14-8(12)5-6/h2-5H,1H3. The van der Waals surface area contributed by atoms with Gasteiger partial charge in [0.25, 0.3) is 0 Å². The average molecular weight is 256 g/mol. The first-order valence-corrected chi connectivity index (χ1v) is 5.18. The largest absolute Gasteiger partial charge is 0.331 e. The number of carbonyl (C=O) groups excluding carboxylic acids is 1. The van der Waals surface area contributed by atoms with E-state index >= 15 is 0 Å². The molecule has 0 spiro atoms. The maximum absolute atomic E-state index is 12.0. The number of hydrogen-bond donors (Lipinski definition) is 0. The van der Waals surface area contributed by atoms with Gasteiger partial charge < -0.3 is 4.57 Å². The van der Waals surface area contributed by atoms with Gasteiger partial charge in [0.15, 0.2) is 5.82 Å². The van der Waals surface area contributed by atoms with Gasteiger partial charge in [-0.2, -0.15) is 0 Å². The van der Waals surface area contributed by atoms with Gasteiger partial charge in [-0.15, -0.1) is 0 Å². The molecule has 0 N–H and O–H groups in total. The van der Waals surface area contributed by atoms with E-state index in [0.717, 1.165) is 0 Å². The Balaban J connectivity index is 2.45. The molecular formula is C10H7Cl2N3O. The fourth-order valence-electron chi connectivity index (χ4n) is 1.31. The number of pyridine rings is 1. The molecule has 2 heterocycles. The van der Waals surface area contributed by atoms with Gasteiger partial charge in [-0.05, 0) is 12.1 Å². The van der Waals surface area contributed by atoms with Crippen molar-refractivity contribution >= 4 is 29.0 Å². The van der Waals surface area contributed by atoms with Crippen molar-refractivity contribution in [2.45, 2.75) is 0 Å². The van der Waals surface area contributed by atoms with Crippen LogP contribution >= 0.6 is 23.2 Å². The molecule has 2 rings (SSSR count). The Morgan fingerprint density at radius 3 is 2.44 bits per heavy atom. The van der Waals surface area contributed by atoms with Crippen LogP contribution in [0.2, 0.25) is 10.3 Å². The second-order valence-electron chi connectivity index (χ2n) is 3.19. The van der Waals surface area contributed by atoms with Gasteiger partial charge in [-0.1, -0.05) is 23.2 Å². The highest BCUT2D eigenvalue weighted by Crippen LogP contribution is 2.17. The van der Waals surface area contributed by atoms with E-state index in [1.165, 1.54) is 12.1 Å². The van der Waals surface area contributed by atoms with Crippen LogP contribution in [-0.4, -0.2) is 20.3 Å². The summed E-state index contributed by atoms with van der Waals surface area (Å²) in [6.45, 7) is 0. The number of hydrogen-bond acceptors (Lipinski definition) is 3. The van der Waals surface area contributed by atoms with Gasteiger partial charge >= 0.3 is 0 Å². The molecule has 0 saturated carbocycles. The molecule has 0 radical (unpaired) electrons. The Hall–Kier alpha value is -1.39. The van der Waals surface area contributed by atoms with Crippen molar-refractivity contribution in [3.8, 4) is 0 Å². The predicted molar refractivity (Wildman–Crippen MR) is 60.9 cm³/mol. The summed E-state index contributed by atoms with van der Waals surface area (Å²) in [6.07, 6.45) is 3.25. The molecule has 0 fully saturated rings. The summed E-state index contributed by atoms with van der Waals surface area (Å²) < 4.78 is 1.63. The Bertz CT molecular complexity index is 530. The molecular weight excluding hydrogens is 249 g/mol. The molecule has 0 amide bonds. The van der Waals surface area contributed by atoms with Gasteiger partial charge in [0.05, 0.1) is 0 Å². The quantitative estimate of drug-likeness (QED) is 0.612. The number of rotatable bonds is 2. The minimum atomic E-state index is -0.237. The first-order valence-electron chi connectivity index (χ1n) is 4.43.